The highest BCUT2D eigenvalue weighted by molar-refractivity contribution is 7.46. The van der Waals surface area contributed by atoms with Gasteiger partial charge in [-0.2, -0.15) is 20.2 Å². The number of fused-ring (bicyclic) bond motifs is 2. The minimum absolute atomic E-state index is 0.0536. The van der Waals surface area contributed by atoms with E-state index < -0.39 is 31.5 Å². The number of aromatic nitrogens is 8. The van der Waals surface area contributed by atoms with Crippen LogP contribution in [0.2, 0.25) is 0 Å². The molecule has 0 bridgehead atoms. The molecule has 23 heteroatoms. The first-order chi connectivity index (χ1) is 29.0. The Morgan fingerprint density at radius 1 is 0.754 bits per heavy atom. The zero-order valence-electron chi connectivity index (χ0n) is 33.9. The predicted octanol–water partition coefficient (Wildman–Crippen LogP) is 2.13. The van der Waals surface area contributed by atoms with E-state index in [-0.39, 0.29) is 78.0 Å². The summed E-state index contributed by atoms with van der Waals surface area (Å²) in [6.07, 6.45) is 3.59. The van der Waals surface area contributed by atoms with Crippen molar-refractivity contribution in [1.82, 2.24) is 38.7 Å². The third-order valence-corrected chi connectivity index (χ3v) is 9.81. The molecule has 22 nitrogen and oxygen atoms in total. The number of carbonyl (C=O) groups excluding carboxylic acids is 4. The Kier molecular flexibility index (Phi) is 13.0. The molecule has 0 radical (unpaired) electrons. The summed E-state index contributed by atoms with van der Waals surface area (Å²) in [7, 11) is -3.28. The number of H-pyrrole nitrogens is 2. The number of phosphoric acid groups is 1. The summed E-state index contributed by atoms with van der Waals surface area (Å²) in [6.45, 7) is 7.81. The normalized spacial score (nSPS) is 12.6. The molecular weight excluding hydrogens is 815 g/mol. The first kappa shape index (κ1) is 43.7. The van der Waals surface area contributed by atoms with Crippen LogP contribution in [0.15, 0.2) is 58.5 Å². The van der Waals surface area contributed by atoms with Crippen molar-refractivity contribution in [2.24, 2.45) is 21.5 Å². The molecule has 0 spiro atoms. The number of amides is 4. The number of aryl methyl sites for hydroxylation is 4. The number of primary amides is 2. The fourth-order valence-electron chi connectivity index (χ4n) is 6.64. The number of phosphoric ester groups is 1. The number of methoxy groups -OCH3 is 1. The monoisotopic (exact) mass is 860 g/mol. The molecule has 61 heavy (non-hydrogen) atoms. The number of nitrogens with one attached hydrogen (secondary N) is 2. The first-order valence-electron chi connectivity index (χ1n) is 18.9. The molecule has 0 saturated heterocycles. The summed E-state index contributed by atoms with van der Waals surface area (Å²) in [4.78, 5) is 85.1. The molecule has 8 N–H and O–H groups in total. The Balaban J connectivity index is 1.45. The molecule has 6 aromatic rings. The van der Waals surface area contributed by atoms with E-state index in [1.54, 1.807) is 51.9 Å². The highest BCUT2D eigenvalue weighted by Gasteiger charge is 2.20. The Bertz CT molecular complexity index is 2900. The molecule has 0 aliphatic heterocycles. The van der Waals surface area contributed by atoms with Gasteiger partial charge in [0.15, 0.2) is 0 Å². The first-order valence-corrected chi connectivity index (χ1v) is 20.5. The van der Waals surface area contributed by atoms with Gasteiger partial charge in [0, 0.05) is 43.7 Å². The standard InChI is InChI=1S/C38H45N12O10P/c1-6-49-27(15-21(3)45-49)35(53)43-37-41-25-17-23(33(39)51)19-29(58-5)31(25)47(37)11-8-9-12-48-32-26(42-38(48)44-36(54)28-16-22(4)46-50(28)7-2)18-24(34(40)52)20-30(32)59-13-10-14-60-61(55,56)57/h8-9,15-20H,6-7,10-14H2,1-5H3,(H2,39,51)(H2,40,52)(H,41,43,53)(H,42,44,54)(H2,55,56,57)/b9-8+. The summed E-state index contributed by atoms with van der Waals surface area (Å²) in [5, 5.41) is 8.72. The number of nitrogens with zero attached hydrogens (tertiary/aromatic N) is 8. The average Bonchev–Trinajstić information content (AvgIpc) is 3.97. The maximum atomic E-state index is 13.7. The van der Waals surface area contributed by atoms with Crippen LogP contribution in [0.4, 0.5) is 0 Å². The quantitative estimate of drug-likeness (QED) is 0.0437. The Morgan fingerprint density at radius 3 is 1.64 bits per heavy atom. The van der Waals surface area contributed by atoms with Crippen LogP contribution in [0.25, 0.3) is 22.1 Å². The highest BCUT2D eigenvalue weighted by atomic mass is 31.2. The van der Waals surface area contributed by atoms with Crippen molar-refractivity contribution >= 4 is 53.5 Å². The van der Waals surface area contributed by atoms with Gasteiger partial charge in [-0.1, -0.05) is 12.2 Å². The van der Waals surface area contributed by atoms with E-state index >= 15 is 0 Å². The van der Waals surface area contributed by atoms with Crippen molar-refractivity contribution in [3.05, 3.63) is 93.7 Å². The van der Waals surface area contributed by atoms with Crippen LogP contribution in [0.3, 0.4) is 0 Å². The topological polar surface area (TPSA) is 307 Å². The molecule has 4 heterocycles. The number of benzene rings is 2. The van der Waals surface area contributed by atoms with Gasteiger partial charge in [0.1, 0.15) is 33.9 Å². The van der Waals surface area contributed by atoms with Crippen molar-refractivity contribution in [2.45, 2.75) is 60.3 Å². The number of rotatable bonds is 17. The predicted molar refractivity (Wildman–Crippen MR) is 218 cm³/mol. The SMILES string of the molecule is CCn1nc(C)cc1C(=O)/N=c1\[nH]c2cc(C(N)=O)cc(OC)c2n1C/C=C/Cn1/c(=N/C(=O)c2cc(C)nn2CC)[nH]c2cc(C(N)=O)cc(OCCCOP(=O)(O)O)c21. The average molecular weight is 861 g/mol. The molecule has 4 amide bonds. The van der Waals surface area contributed by atoms with E-state index in [1.165, 1.54) is 36.1 Å². The maximum Gasteiger partial charge on any atom is 0.469 e. The van der Waals surface area contributed by atoms with Gasteiger partial charge in [-0.25, -0.2) is 4.57 Å². The molecule has 0 fully saturated rings. The molecule has 0 unspecified atom stereocenters. The summed E-state index contributed by atoms with van der Waals surface area (Å²) in [6, 6.07) is 9.16. The number of aromatic amines is 2. The number of allylic oxidation sites excluding steroid dienone is 2. The van der Waals surface area contributed by atoms with E-state index in [9.17, 15) is 23.7 Å². The number of ether oxygens (including phenoxy) is 2. The van der Waals surface area contributed by atoms with Gasteiger partial charge in [0.25, 0.3) is 11.8 Å². The van der Waals surface area contributed by atoms with E-state index in [1.807, 2.05) is 13.8 Å². The number of hydrogen-bond acceptors (Lipinski definition) is 10. The zero-order chi connectivity index (χ0) is 44.2. The van der Waals surface area contributed by atoms with Crippen LogP contribution in [-0.2, 0) is 35.3 Å². The van der Waals surface area contributed by atoms with Gasteiger partial charge in [0.2, 0.25) is 23.1 Å². The second-order valence-corrected chi connectivity index (χ2v) is 14.8. The highest BCUT2D eigenvalue weighted by Crippen LogP contribution is 2.35. The van der Waals surface area contributed by atoms with Crippen LogP contribution in [0.1, 0.15) is 73.3 Å². The van der Waals surface area contributed by atoms with Crippen LogP contribution in [0.5, 0.6) is 11.5 Å². The Labute approximate surface area is 346 Å². The van der Waals surface area contributed by atoms with Crippen LogP contribution < -0.4 is 32.2 Å². The van der Waals surface area contributed by atoms with Crippen LogP contribution >= 0.6 is 7.82 Å². The van der Waals surface area contributed by atoms with E-state index in [4.69, 9.17) is 30.7 Å². The minimum atomic E-state index is -4.71. The lowest BCUT2D eigenvalue weighted by atomic mass is 10.1. The largest absolute Gasteiger partial charge is 0.494 e. The van der Waals surface area contributed by atoms with Crippen molar-refractivity contribution in [3.63, 3.8) is 0 Å². The molecule has 0 aliphatic rings. The molecule has 0 saturated carbocycles. The smallest absolute Gasteiger partial charge is 0.469 e. The lowest BCUT2D eigenvalue weighted by molar-refractivity contribution is 0.0978. The molecule has 4 aromatic heterocycles. The summed E-state index contributed by atoms with van der Waals surface area (Å²) < 4.78 is 33.8. The van der Waals surface area contributed by atoms with Crippen LogP contribution in [-0.4, -0.2) is 92.4 Å². The van der Waals surface area contributed by atoms with Gasteiger partial charge in [0.05, 0.1) is 42.7 Å². The summed E-state index contributed by atoms with van der Waals surface area (Å²) in [5.41, 5.74) is 15.1. The fourth-order valence-corrected chi connectivity index (χ4v) is 7.01. The number of hydrogen-bond donors (Lipinski definition) is 6. The van der Waals surface area contributed by atoms with E-state index in [0.29, 0.717) is 46.5 Å². The Hall–Kier alpha value is -6.87. The van der Waals surface area contributed by atoms with Crippen molar-refractivity contribution in [2.75, 3.05) is 20.3 Å². The second-order valence-electron chi connectivity index (χ2n) is 13.6. The second kappa shape index (κ2) is 18.2. The minimum Gasteiger partial charge on any atom is -0.494 e. The lowest BCUT2D eigenvalue weighted by Crippen LogP contribution is -2.22. The fraction of sp³-hybridized carbons (Fsp3) is 0.316. The Morgan fingerprint density at radius 2 is 1.21 bits per heavy atom. The van der Waals surface area contributed by atoms with Crippen molar-refractivity contribution in [3.8, 4) is 11.5 Å². The molecule has 322 valence electrons. The summed E-state index contributed by atoms with van der Waals surface area (Å²) >= 11 is 0. The summed E-state index contributed by atoms with van der Waals surface area (Å²) in [5.74, 6) is -2.20. The maximum absolute atomic E-state index is 13.7. The third kappa shape index (κ3) is 9.79. The molecule has 6 rings (SSSR count). The number of nitrogens with two attached hydrogens (primary N) is 2. The molecule has 0 aliphatic carbocycles. The van der Waals surface area contributed by atoms with Gasteiger partial charge >= 0.3 is 7.82 Å². The molecular formula is C38H45N12O10P. The lowest BCUT2D eigenvalue weighted by Gasteiger charge is -2.12. The molecule has 0 atom stereocenters. The van der Waals surface area contributed by atoms with Crippen LogP contribution in [0, 0.1) is 13.8 Å². The van der Waals surface area contributed by atoms with E-state index in [2.05, 4.69) is 34.7 Å². The van der Waals surface area contributed by atoms with Gasteiger partial charge < -0.3 is 49.8 Å². The number of carbonyl (C=O) groups is 4. The third-order valence-electron chi connectivity index (χ3n) is 9.29. The van der Waals surface area contributed by atoms with Crippen molar-refractivity contribution in [1.29, 1.82) is 0 Å². The number of imidazole rings is 2. The van der Waals surface area contributed by atoms with E-state index in [0.717, 1.165) is 0 Å². The van der Waals surface area contributed by atoms with Gasteiger partial charge in [-0.15, -0.1) is 0 Å². The van der Waals surface area contributed by atoms with Gasteiger partial charge in [-0.3, -0.25) is 33.1 Å². The van der Waals surface area contributed by atoms with Gasteiger partial charge in [-0.05, 0) is 64.1 Å². The molecule has 2 aromatic carbocycles. The zero-order valence-corrected chi connectivity index (χ0v) is 34.8. The van der Waals surface area contributed by atoms with Crippen molar-refractivity contribution < 1.29 is 47.5 Å².